The van der Waals surface area contributed by atoms with Crippen LogP contribution in [0.5, 0.6) is 0 Å². The number of urea groups is 1. The van der Waals surface area contributed by atoms with Gasteiger partial charge in [-0.25, -0.2) is 4.79 Å². The van der Waals surface area contributed by atoms with E-state index in [2.05, 4.69) is 33.0 Å². The Labute approximate surface area is 142 Å². The van der Waals surface area contributed by atoms with Crippen molar-refractivity contribution < 1.29 is 9.90 Å². The fraction of sp³-hybridized carbons (Fsp3) is 0.706. The molecule has 2 heterocycles. The topological polar surface area (TPSA) is 64.6 Å². The van der Waals surface area contributed by atoms with Gasteiger partial charge in [0.05, 0.1) is 11.6 Å². The van der Waals surface area contributed by atoms with Crippen LogP contribution in [0.4, 0.5) is 4.79 Å². The smallest absolute Gasteiger partial charge is 0.314 e. The molecule has 1 aliphatic carbocycles. The Hall–Kier alpha value is -1.11. The van der Waals surface area contributed by atoms with Crippen LogP contribution in [0.15, 0.2) is 17.5 Å². The van der Waals surface area contributed by atoms with Crippen LogP contribution in [0.1, 0.15) is 49.4 Å². The summed E-state index contributed by atoms with van der Waals surface area (Å²) in [5.74, 6) is 0. The third kappa shape index (κ3) is 4.46. The molecular formula is C17H27N3O2S. The van der Waals surface area contributed by atoms with Gasteiger partial charge >= 0.3 is 6.03 Å². The number of hydrogen-bond acceptors (Lipinski definition) is 4. The average molecular weight is 337 g/mol. The van der Waals surface area contributed by atoms with Crippen LogP contribution >= 0.6 is 11.3 Å². The van der Waals surface area contributed by atoms with E-state index in [0.717, 1.165) is 38.8 Å². The number of rotatable bonds is 6. The summed E-state index contributed by atoms with van der Waals surface area (Å²) < 4.78 is 0. The number of hydrogen-bond donors (Lipinski definition) is 3. The van der Waals surface area contributed by atoms with Crippen molar-refractivity contribution in [3.63, 3.8) is 0 Å². The van der Waals surface area contributed by atoms with E-state index in [-0.39, 0.29) is 12.1 Å². The molecule has 0 bridgehead atoms. The Morgan fingerprint density at radius 3 is 2.65 bits per heavy atom. The van der Waals surface area contributed by atoms with Crippen LogP contribution < -0.4 is 10.6 Å². The van der Waals surface area contributed by atoms with E-state index >= 15 is 0 Å². The van der Waals surface area contributed by atoms with E-state index in [1.54, 1.807) is 11.3 Å². The maximum absolute atomic E-state index is 12.1. The van der Waals surface area contributed by atoms with Gasteiger partial charge in [0.15, 0.2) is 0 Å². The summed E-state index contributed by atoms with van der Waals surface area (Å²) in [6, 6.07) is 4.30. The lowest BCUT2D eigenvalue weighted by Gasteiger charge is -2.27. The number of carbonyl (C=O) groups excluding carboxylic acids is 1. The summed E-state index contributed by atoms with van der Waals surface area (Å²) in [5, 5.41) is 18.2. The second kappa shape index (κ2) is 7.64. The zero-order valence-electron chi connectivity index (χ0n) is 13.6. The molecule has 23 heavy (non-hydrogen) atoms. The maximum atomic E-state index is 12.1. The molecule has 6 heteroatoms. The third-order valence-corrected chi connectivity index (χ3v) is 5.99. The summed E-state index contributed by atoms with van der Waals surface area (Å²) >= 11 is 1.75. The first kappa shape index (κ1) is 16.7. The molecule has 1 saturated heterocycles. The highest BCUT2D eigenvalue weighted by Crippen LogP contribution is 2.29. The van der Waals surface area contributed by atoms with Crippen LogP contribution in [0.3, 0.4) is 0 Å². The minimum absolute atomic E-state index is 0.175. The van der Waals surface area contributed by atoms with Gasteiger partial charge in [-0.1, -0.05) is 18.9 Å². The van der Waals surface area contributed by atoms with Gasteiger partial charge in [-0.2, -0.15) is 0 Å². The summed E-state index contributed by atoms with van der Waals surface area (Å²) in [6.07, 6.45) is 6.16. The van der Waals surface area contributed by atoms with Gasteiger partial charge in [0.2, 0.25) is 0 Å². The number of nitrogens with one attached hydrogen (secondary N) is 2. The van der Waals surface area contributed by atoms with Crippen LogP contribution in [0.2, 0.25) is 0 Å². The minimum Gasteiger partial charge on any atom is -0.388 e. The number of thiophene rings is 1. The van der Waals surface area contributed by atoms with Gasteiger partial charge in [0, 0.05) is 18.0 Å². The summed E-state index contributed by atoms with van der Waals surface area (Å²) in [5.41, 5.74) is -0.695. The molecule has 2 amide bonds. The number of nitrogens with zero attached hydrogens (tertiary/aromatic N) is 1. The van der Waals surface area contributed by atoms with Crippen molar-refractivity contribution in [3.05, 3.63) is 22.4 Å². The van der Waals surface area contributed by atoms with E-state index in [1.807, 2.05) is 0 Å². The van der Waals surface area contributed by atoms with Crippen LogP contribution in [0.25, 0.3) is 0 Å². The molecule has 1 unspecified atom stereocenters. The van der Waals surface area contributed by atoms with Gasteiger partial charge < -0.3 is 15.7 Å². The second-order valence-corrected chi connectivity index (χ2v) is 7.75. The van der Waals surface area contributed by atoms with E-state index in [0.29, 0.717) is 13.1 Å². The molecule has 1 aromatic rings. The normalized spacial score (nSPS) is 22.1. The third-order valence-electron chi connectivity index (χ3n) is 5.02. The number of aliphatic hydroxyl groups is 1. The van der Waals surface area contributed by atoms with E-state index in [4.69, 9.17) is 0 Å². The number of amides is 2. The fourth-order valence-corrected chi connectivity index (χ4v) is 4.51. The summed E-state index contributed by atoms with van der Waals surface area (Å²) in [4.78, 5) is 15.8. The van der Waals surface area contributed by atoms with E-state index < -0.39 is 5.60 Å². The molecule has 128 valence electrons. The molecule has 1 atom stereocenters. The summed E-state index contributed by atoms with van der Waals surface area (Å²) in [7, 11) is 0. The molecule has 0 radical (unpaired) electrons. The van der Waals surface area contributed by atoms with Gasteiger partial charge in [-0.05, 0) is 50.2 Å². The zero-order chi connectivity index (χ0) is 16.1. The lowest BCUT2D eigenvalue weighted by atomic mass is 10.0. The Bertz CT molecular complexity index is 494. The Kier molecular flexibility index (Phi) is 5.56. The van der Waals surface area contributed by atoms with Crippen molar-refractivity contribution in [2.75, 3.05) is 26.2 Å². The molecule has 1 aromatic heterocycles. The lowest BCUT2D eigenvalue weighted by molar-refractivity contribution is 0.0500. The predicted octanol–water partition coefficient (Wildman–Crippen LogP) is 2.49. The number of carbonyl (C=O) groups is 1. The molecule has 5 nitrogen and oxygen atoms in total. The van der Waals surface area contributed by atoms with Crippen LogP contribution in [-0.2, 0) is 0 Å². The minimum atomic E-state index is -0.695. The first-order valence-electron chi connectivity index (χ1n) is 8.68. The Balaban J connectivity index is 1.49. The molecule has 2 aliphatic rings. The van der Waals surface area contributed by atoms with Crippen molar-refractivity contribution in [3.8, 4) is 0 Å². The SMILES string of the molecule is O=C(NCC(c1cccs1)N1CCCC1)NCC1(O)CCCC1. The Morgan fingerprint density at radius 1 is 1.26 bits per heavy atom. The van der Waals surface area contributed by atoms with E-state index in [9.17, 15) is 9.90 Å². The quantitative estimate of drug-likeness (QED) is 0.747. The molecule has 0 aromatic carbocycles. The van der Waals surface area contributed by atoms with Gasteiger partial charge in [-0.15, -0.1) is 11.3 Å². The highest BCUT2D eigenvalue weighted by atomic mass is 32.1. The molecule has 3 N–H and O–H groups in total. The van der Waals surface area contributed by atoms with Gasteiger partial charge in [0.1, 0.15) is 0 Å². The Morgan fingerprint density at radius 2 is 2.00 bits per heavy atom. The standard InChI is InChI=1S/C17H27N3O2S/c21-16(19-13-17(22)7-1-2-8-17)18-12-14(15-6-5-11-23-15)20-9-3-4-10-20/h5-6,11,14,22H,1-4,7-10,12-13H2,(H2,18,19,21). The fourth-order valence-electron chi connectivity index (χ4n) is 3.65. The van der Waals surface area contributed by atoms with Crippen molar-refractivity contribution in [1.29, 1.82) is 0 Å². The van der Waals surface area contributed by atoms with Crippen molar-refractivity contribution in [2.45, 2.75) is 50.2 Å². The average Bonchev–Trinajstić information content (AvgIpc) is 3.29. The first-order chi connectivity index (χ1) is 11.2. The van der Waals surface area contributed by atoms with Crippen molar-refractivity contribution in [2.24, 2.45) is 0 Å². The van der Waals surface area contributed by atoms with Gasteiger partial charge in [0.25, 0.3) is 0 Å². The highest BCUT2D eigenvalue weighted by Gasteiger charge is 2.31. The lowest BCUT2D eigenvalue weighted by Crippen LogP contribution is -2.46. The molecular weight excluding hydrogens is 310 g/mol. The summed E-state index contributed by atoms with van der Waals surface area (Å²) in [6.45, 7) is 3.17. The predicted molar refractivity (Wildman–Crippen MR) is 92.7 cm³/mol. The monoisotopic (exact) mass is 337 g/mol. The van der Waals surface area contributed by atoms with Crippen molar-refractivity contribution >= 4 is 17.4 Å². The second-order valence-electron chi connectivity index (χ2n) is 6.77. The highest BCUT2D eigenvalue weighted by molar-refractivity contribution is 7.10. The maximum Gasteiger partial charge on any atom is 0.314 e. The largest absolute Gasteiger partial charge is 0.388 e. The molecule has 2 fully saturated rings. The first-order valence-corrected chi connectivity index (χ1v) is 9.56. The molecule has 3 rings (SSSR count). The van der Waals surface area contributed by atoms with Crippen molar-refractivity contribution in [1.82, 2.24) is 15.5 Å². The van der Waals surface area contributed by atoms with E-state index in [1.165, 1.54) is 17.7 Å². The molecule has 1 aliphatic heterocycles. The number of likely N-dealkylation sites (tertiary alicyclic amines) is 1. The zero-order valence-corrected chi connectivity index (χ0v) is 14.4. The van der Waals surface area contributed by atoms with Crippen LogP contribution in [0, 0.1) is 0 Å². The molecule has 0 spiro atoms. The van der Waals surface area contributed by atoms with Gasteiger partial charge in [-0.3, -0.25) is 4.90 Å². The molecule has 1 saturated carbocycles. The van der Waals surface area contributed by atoms with Crippen LogP contribution in [-0.4, -0.2) is 47.8 Å².